The van der Waals surface area contributed by atoms with Gasteiger partial charge in [0.05, 0.1) is 0 Å². The smallest absolute Gasteiger partial charge is 1.00 e. The molecule has 0 nitrogen and oxygen atoms in total. The van der Waals surface area contributed by atoms with Crippen LogP contribution in [0.2, 0.25) is 8.35 Å². The van der Waals surface area contributed by atoms with E-state index in [2.05, 4.69) is 74.5 Å². The van der Waals surface area contributed by atoms with E-state index in [1.165, 1.54) is 11.1 Å². The Balaban J connectivity index is 0.000000911. The van der Waals surface area contributed by atoms with E-state index in [0.717, 1.165) is 7.35 Å². The summed E-state index contributed by atoms with van der Waals surface area (Å²) in [5.41, 5.74) is 9.61. The molecule has 0 N–H and O–H groups in total. The van der Waals surface area contributed by atoms with Crippen LogP contribution in [0.1, 0.15) is 43.5 Å². The van der Waals surface area contributed by atoms with Crippen molar-refractivity contribution in [1.29, 1.82) is 0 Å². The molecule has 2 aromatic rings. The Morgan fingerprint density at radius 3 is 1.48 bits per heavy atom. The summed E-state index contributed by atoms with van der Waals surface area (Å²) in [4.78, 5) is 0. The molecule has 0 saturated carbocycles. The van der Waals surface area contributed by atoms with Gasteiger partial charge in [0.25, 0.3) is 0 Å². The van der Waals surface area contributed by atoms with Crippen LogP contribution in [0.15, 0.2) is 59.7 Å². The zero-order valence-electron chi connectivity index (χ0n) is 14.6. The maximum absolute atomic E-state index is 2.47. The van der Waals surface area contributed by atoms with Gasteiger partial charge in [0.2, 0.25) is 0 Å². The molecule has 3 aliphatic rings. The summed E-state index contributed by atoms with van der Waals surface area (Å²) in [6, 6.07) is 18.3. The molecule has 0 aromatic heterocycles. The third kappa shape index (κ3) is 2.74. The molecule has 1 fully saturated rings. The maximum Gasteiger partial charge on any atom is -1.00 e. The summed E-state index contributed by atoms with van der Waals surface area (Å²) in [6.07, 6.45) is 4.94. The van der Waals surface area contributed by atoms with Crippen molar-refractivity contribution in [3.8, 4) is 0 Å². The Bertz CT molecular complexity index is 808. The number of hydrogen-bond acceptors (Lipinski definition) is 0. The Kier molecular flexibility index (Phi) is 5.23. The number of fused-ring (bicyclic) bond motifs is 2. The zero-order valence-corrected chi connectivity index (χ0v) is 19.7. The summed E-state index contributed by atoms with van der Waals surface area (Å²) in [5, 5.41) is 0. The van der Waals surface area contributed by atoms with Crippen molar-refractivity contribution < 1.29 is 44.8 Å². The quantitative estimate of drug-likeness (QED) is 0.486. The van der Waals surface area contributed by atoms with Gasteiger partial charge in [-0.3, -0.25) is 0 Å². The fraction of sp³-hybridized carbons (Fsp3) is 0.273. The molecule has 2 unspecified atom stereocenters. The van der Waals surface area contributed by atoms with Crippen molar-refractivity contribution in [2.24, 2.45) is 0 Å². The predicted octanol–water partition coefficient (Wildman–Crippen LogP) is 0.315. The molecule has 2 aromatic carbocycles. The van der Waals surface area contributed by atoms with Crippen molar-refractivity contribution in [3.63, 3.8) is 0 Å². The molecule has 2 aliphatic carbocycles. The first-order valence-electron chi connectivity index (χ1n) is 8.75. The van der Waals surface area contributed by atoms with Gasteiger partial charge in [-0.05, 0) is 0 Å². The number of allylic oxidation sites excluding steroid dienone is 2. The van der Waals surface area contributed by atoms with Crippen molar-refractivity contribution in [1.82, 2.24) is 0 Å². The number of hydrogen-bond donors (Lipinski definition) is 0. The Labute approximate surface area is 167 Å². The fourth-order valence-corrected chi connectivity index (χ4v) is 33.7. The van der Waals surface area contributed by atoms with Crippen LogP contribution in [0.4, 0.5) is 0 Å². The van der Waals surface area contributed by atoms with Gasteiger partial charge in [-0.2, -0.15) is 0 Å². The van der Waals surface area contributed by atoms with Crippen molar-refractivity contribution in [3.05, 3.63) is 81.9 Å². The summed E-state index contributed by atoms with van der Waals surface area (Å²) < 4.78 is 4.78. The predicted molar refractivity (Wildman–Crippen MR) is 95.3 cm³/mol. The summed E-state index contributed by atoms with van der Waals surface area (Å²) >= 11 is -2.41. The van der Waals surface area contributed by atoms with E-state index in [1.807, 2.05) is 0 Å². The van der Waals surface area contributed by atoms with Gasteiger partial charge in [0.1, 0.15) is 0 Å². The Morgan fingerprint density at radius 1 is 0.680 bits per heavy atom. The van der Waals surface area contributed by atoms with Crippen LogP contribution in [0.5, 0.6) is 0 Å². The second-order valence-electron chi connectivity index (χ2n) is 7.63. The molecule has 0 spiro atoms. The minimum atomic E-state index is -2.41. The van der Waals surface area contributed by atoms with Gasteiger partial charge < -0.3 is 24.8 Å². The maximum atomic E-state index is 2.47. The van der Waals surface area contributed by atoms with Gasteiger partial charge in [-0.15, -0.1) is 0 Å². The number of rotatable bonds is 2. The van der Waals surface area contributed by atoms with Crippen LogP contribution in [0.25, 0.3) is 12.2 Å². The fourth-order valence-electron chi connectivity index (χ4n) is 5.37. The molecule has 2 atom stereocenters. The van der Waals surface area contributed by atoms with Crippen molar-refractivity contribution in [2.75, 3.05) is 0 Å². The van der Waals surface area contributed by atoms with Crippen molar-refractivity contribution in [2.45, 2.75) is 29.6 Å². The molecule has 1 heterocycles. The average molecular weight is 536 g/mol. The third-order valence-corrected chi connectivity index (χ3v) is 26.0. The van der Waals surface area contributed by atoms with E-state index in [9.17, 15) is 0 Å². The third-order valence-electron chi connectivity index (χ3n) is 6.27. The SMILES string of the molecule is CC1=Cc2ccccc2[CH]1[Hf+2]1([CH]2C(C)=Cc3ccccc32)[CH2][CH2]1.[Cl-].[Cl-]. The molecule has 128 valence electrons. The summed E-state index contributed by atoms with van der Waals surface area (Å²) in [7, 11) is 0. The van der Waals surface area contributed by atoms with Gasteiger partial charge in [0, 0.05) is 0 Å². The zero-order chi connectivity index (χ0) is 15.6. The molecule has 5 rings (SSSR count). The van der Waals surface area contributed by atoms with E-state index in [0.29, 0.717) is 0 Å². The van der Waals surface area contributed by atoms with Gasteiger partial charge in [0.15, 0.2) is 0 Å². The Morgan fingerprint density at radius 2 is 1.08 bits per heavy atom. The van der Waals surface area contributed by atoms with Gasteiger partial charge >= 0.3 is 144 Å². The molecule has 0 bridgehead atoms. The summed E-state index contributed by atoms with van der Waals surface area (Å²) in [5.74, 6) is 0. The van der Waals surface area contributed by atoms with Crippen LogP contribution >= 0.6 is 0 Å². The molecule has 3 heteroatoms. The van der Waals surface area contributed by atoms with Crippen LogP contribution in [-0.2, 0) is 20.0 Å². The van der Waals surface area contributed by atoms with Gasteiger partial charge in [-0.25, -0.2) is 0 Å². The molecule has 1 aliphatic heterocycles. The average Bonchev–Trinajstić information content (AvgIpc) is 3.13. The summed E-state index contributed by atoms with van der Waals surface area (Å²) in [6.45, 7) is 4.79. The largest absolute Gasteiger partial charge is 1.00 e. The van der Waals surface area contributed by atoms with E-state index in [1.54, 1.807) is 30.6 Å². The molecule has 1 saturated heterocycles. The van der Waals surface area contributed by atoms with Crippen LogP contribution < -0.4 is 24.8 Å². The molecule has 25 heavy (non-hydrogen) atoms. The normalized spacial score (nSPS) is 23.0. The minimum absolute atomic E-state index is 0. The van der Waals surface area contributed by atoms with E-state index < -0.39 is 20.0 Å². The second-order valence-corrected chi connectivity index (χ2v) is 24.2. The molecular formula is C22H22Cl2Hf. The first-order chi connectivity index (χ1) is 11.2. The van der Waals surface area contributed by atoms with Crippen LogP contribution in [0.3, 0.4) is 0 Å². The van der Waals surface area contributed by atoms with E-state index in [-0.39, 0.29) is 24.8 Å². The molecule has 0 radical (unpaired) electrons. The van der Waals surface area contributed by atoms with E-state index in [4.69, 9.17) is 0 Å². The molecule has 0 amide bonds. The monoisotopic (exact) mass is 536 g/mol. The first-order valence-corrected chi connectivity index (χ1v) is 18.0. The topological polar surface area (TPSA) is 0 Å². The minimum Gasteiger partial charge on any atom is -1.00 e. The standard InChI is InChI=1S/2C10H9.C2H4.2ClH.Hf/c2*1-8-6-9-4-2-3-5-10(9)7-8;1-2;;;/h2*2-7H,1H3;1-2H2;2*1H;/q;;;;;+2/p-2. The van der Waals surface area contributed by atoms with Crippen LogP contribution in [-0.4, -0.2) is 0 Å². The van der Waals surface area contributed by atoms with Gasteiger partial charge in [-0.1, -0.05) is 0 Å². The Hall–Kier alpha value is -0.630. The van der Waals surface area contributed by atoms with E-state index >= 15 is 0 Å². The number of benzene rings is 2. The number of halogens is 2. The van der Waals surface area contributed by atoms with Crippen molar-refractivity contribution >= 4 is 12.2 Å². The first kappa shape index (κ1) is 19.1. The van der Waals surface area contributed by atoms with Crippen LogP contribution in [0, 0.1) is 0 Å². The second kappa shape index (κ2) is 6.83. The molecular weight excluding hydrogens is 514 g/mol.